The summed E-state index contributed by atoms with van der Waals surface area (Å²) in [6, 6.07) is 0. The van der Waals surface area contributed by atoms with Gasteiger partial charge in [-0.25, -0.2) is 0 Å². The first-order chi connectivity index (χ1) is 8.66. The highest BCUT2D eigenvalue weighted by Crippen LogP contribution is 2.44. The highest BCUT2D eigenvalue weighted by molar-refractivity contribution is 4.82. The van der Waals surface area contributed by atoms with Crippen molar-refractivity contribution in [3.63, 3.8) is 0 Å². The van der Waals surface area contributed by atoms with Gasteiger partial charge in [-0.3, -0.25) is 0 Å². The van der Waals surface area contributed by atoms with Crippen LogP contribution in [0.4, 0.5) is 0 Å². The maximum absolute atomic E-state index is 2.34. The molecule has 0 atom stereocenters. The molecule has 0 nitrogen and oxygen atoms in total. The van der Waals surface area contributed by atoms with E-state index in [2.05, 4.69) is 27.7 Å². The van der Waals surface area contributed by atoms with Crippen LogP contribution < -0.4 is 0 Å². The van der Waals surface area contributed by atoms with Gasteiger partial charge in [0, 0.05) is 0 Å². The second-order valence-corrected chi connectivity index (χ2v) is 6.83. The molecule has 0 unspecified atom stereocenters. The van der Waals surface area contributed by atoms with E-state index in [4.69, 9.17) is 0 Å². The first-order valence-electron chi connectivity index (χ1n) is 8.66. The van der Waals surface area contributed by atoms with E-state index in [0.29, 0.717) is 0 Å². The second-order valence-electron chi connectivity index (χ2n) is 6.83. The van der Waals surface area contributed by atoms with Crippen LogP contribution in [-0.2, 0) is 0 Å². The number of rotatable bonds is 4. The van der Waals surface area contributed by atoms with E-state index in [1.54, 1.807) is 0 Å². The fraction of sp³-hybridized carbons (Fsp3) is 1.00. The molecule has 108 valence electrons. The van der Waals surface area contributed by atoms with Crippen molar-refractivity contribution in [3.05, 3.63) is 0 Å². The SMILES string of the molecule is CCC1(CC)CCCC1.CCC1(CC)CCCC1. The van der Waals surface area contributed by atoms with E-state index >= 15 is 0 Å². The summed E-state index contributed by atoms with van der Waals surface area (Å²) in [6.07, 6.45) is 17.6. The topological polar surface area (TPSA) is 0 Å². The molecule has 2 fully saturated rings. The van der Waals surface area contributed by atoms with Gasteiger partial charge in [-0.2, -0.15) is 0 Å². The Labute approximate surface area is 116 Å². The lowest BCUT2D eigenvalue weighted by Gasteiger charge is -2.24. The van der Waals surface area contributed by atoms with Gasteiger partial charge in [0.05, 0.1) is 0 Å². The molecule has 18 heavy (non-hydrogen) atoms. The van der Waals surface area contributed by atoms with Gasteiger partial charge in [0.2, 0.25) is 0 Å². The summed E-state index contributed by atoms with van der Waals surface area (Å²) in [6.45, 7) is 9.37. The van der Waals surface area contributed by atoms with Crippen LogP contribution in [0.1, 0.15) is 105 Å². The molecule has 0 aliphatic heterocycles. The largest absolute Gasteiger partial charge is 0.0649 e. The maximum atomic E-state index is 2.34. The zero-order valence-corrected chi connectivity index (χ0v) is 13.5. The van der Waals surface area contributed by atoms with E-state index in [9.17, 15) is 0 Å². The van der Waals surface area contributed by atoms with Gasteiger partial charge in [0.1, 0.15) is 0 Å². The van der Waals surface area contributed by atoms with E-state index in [1.807, 2.05) is 0 Å². The lowest BCUT2D eigenvalue weighted by Crippen LogP contribution is -2.12. The van der Waals surface area contributed by atoms with Crippen molar-refractivity contribution in [2.75, 3.05) is 0 Å². The van der Waals surface area contributed by atoms with E-state index in [0.717, 1.165) is 10.8 Å². The van der Waals surface area contributed by atoms with Crippen LogP contribution in [0, 0.1) is 10.8 Å². The molecular weight excluding hydrogens is 216 g/mol. The Bertz CT molecular complexity index is 168. The third-order valence-electron chi connectivity index (χ3n) is 6.33. The first kappa shape index (κ1) is 16.1. The van der Waals surface area contributed by atoms with Crippen molar-refractivity contribution in [1.82, 2.24) is 0 Å². The van der Waals surface area contributed by atoms with Crippen molar-refractivity contribution in [2.45, 2.75) is 105 Å². The Balaban J connectivity index is 0.000000180. The first-order valence-corrected chi connectivity index (χ1v) is 8.66. The van der Waals surface area contributed by atoms with Crippen molar-refractivity contribution < 1.29 is 0 Å². The Morgan fingerprint density at radius 3 is 0.833 bits per heavy atom. The Hall–Kier alpha value is 0. The van der Waals surface area contributed by atoms with E-state index in [1.165, 1.54) is 77.0 Å². The van der Waals surface area contributed by atoms with Crippen LogP contribution in [0.5, 0.6) is 0 Å². The lowest BCUT2D eigenvalue weighted by atomic mass is 9.81. The summed E-state index contributed by atoms with van der Waals surface area (Å²) in [4.78, 5) is 0. The molecule has 0 radical (unpaired) electrons. The minimum absolute atomic E-state index is 0.778. The van der Waals surface area contributed by atoms with E-state index < -0.39 is 0 Å². The van der Waals surface area contributed by atoms with Gasteiger partial charge in [-0.05, 0) is 36.5 Å². The molecule has 0 bridgehead atoms. The summed E-state index contributed by atoms with van der Waals surface area (Å²) < 4.78 is 0. The van der Waals surface area contributed by atoms with Crippen LogP contribution in [0.3, 0.4) is 0 Å². The molecule has 0 saturated heterocycles. The standard InChI is InChI=1S/2C9H18/c2*1-3-9(4-2)7-5-6-8-9/h2*3-8H2,1-2H3. The molecule has 2 aliphatic rings. The summed E-state index contributed by atoms with van der Waals surface area (Å²) in [5.41, 5.74) is 1.56. The average molecular weight is 252 g/mol. The normalized spacial score (nSPS) is 24.7. The summed E-state index contributed by atoms with van der Waals surface area (Å²) in [5.74, 6) is 0. The van der Waals surface area contributed by atoms with Crippen LogP contribution in [-0.4, -0.2) is 0 Å². The monoisotopic (exact) mass is 252 g/mol. The number of hydrogen-bond acceptors (Lipinski definition) is 0. The van der Waals surface area contributed by atoms with Gasteiger partial charge in [-0.15, -0.1) is 0 Å². The average Bonchev–Trinajstić information content (AvgIpc) is 3.10. The van der Waals surface area contributed by atoms with Gasteiger partial charge < -0.3 is 0 Å². The number of hydrogen-bond donors (Lipinski definition) is 0. The Morgan fingerprint density at radius 1 is 0.500 bits per heavy atom. The zero-order chi connectivity index (χ0) is 13.5. The molecule has 0 spiro atoms. The van der Waals surface area contributed by atoms with Crippen molar-refractivity contribution in [2.24, 2.45) is 10.8 Å². The Morgan fingerprint density at radius 2 is 0.722 bits per heavy atom. The molecule has 0 amide bonds. The third-order valence-corrected chi connectivity index (χ3v) is 6.33. The fourth-order valence-corrected chi connectivity index (χ4v) is 4.16. The molecular formula is C18H36. The lowest BCUT2D eigenvalue weighted by molar-refractivity contribution is 0.272. The molecule has 2 aliphatic carbocycles. The molecule has 0 N–H and O–H groups in total. The molecule has 2 rings (SSSR count). The van der Waals surface area contributed by atoms with Crippen molar-refractivity contribution in [3.8, 4) is 0 Å². The summed E-state index contributed by atoms with van der Waals surface area (Å²) in [7, 11) is 0. The molecule has 0 aromatic heterocycles. The molecule has 2 saturated carbocycles. The predicted molar refractivity (Wildman–Crippen MR) is 83.0 cm³/mol. The van der Waals surface area contributed by atoms with Crippen LogP contribution in [0.25, 0.3) is 0 Å². The molecule has 0 aromatic carbocycles. The van der Waals surface area contributed by atoms with Crippen molar-refractivity contribution >= 4 is 0 Å². The van der Waals surface area contributed by atoms with Crippen LogP contribution >= 0.6 is 0 Å². The summed E-state index contributed by atoms with van der Waals surface area (Å²) >= 11 is 0. The predicted octanol–water partition coefficient (Wildman–Crippen LogP) is 6.73. The van der Waals surface area contributed by atoms with Gasteiger partial charge in [0.25, 0.3) is 0 Å². The second kappa shape index (κ2) is 7.56. The quantitative estimate of drug-likeness (QED) is 0.520. The molecule has 0 heterocycles. The highest BCUT2D eigenvalue weighted by Gasteiger charge is 2.29. The van der Waals surface area contributed by atoms with Gasteiger partial charge in [0.15, 0.2) is 0 Å². The highest BCUT2D eigenvalue weighted by atomic mass is 14.3. The summed E-state index contributed by atoms with van der Waals surface area (Å²) in [5, 5.41) is 0. The minimum atomic E-state index is 0.778. The smallest absolute Gasteiger partial charge is 0.0303 e. The van der Waals surface area contributed by atoms with Crippen molar-refractivity contribution in [1.29, 1.82) is 0 Å². The van der Waals surface area contributed by atoms with Gasteiger partial charge in [-0.1, -0.05) is 79.1 Å². The minimum Gasteiger partial charge on any atom is -0.0649 e. The molecule has 0 heteroatoms. The van der Waals surface area contributed by atoms with Gasteiger partial charge >= 0.3 is 0 Å². The van der Waals surface area contributed by atoms with Crippen LogP contribution in [0.2, 0.25) is 0 Å². The Kier molecular flexibility index (Phi) is 6.74. The maximum Gasteiger partial charge on any atom is -0.0303 e. The molecule has 0 aromatic rings. The van der Waals surface area contributed by atoms with Crippen LogP contribution in [0.15, 0.2) is 0 Å². The van der Waals surface area contributed by atoms with E-state index in [-0.39, 0.29) is 0 Å². The fourth-order valence-electron chi connectivity index (χ4n) is 4.16. The zero-order valence-electron chi connectivity index (χ0n) is 13.5. The third kappa shape index (κ3) is 4.00.